The molecule has 0 saturated carbocycles. The van der Waals surface area contributed by atoms with Crippen molar-refractivity contribution in [2.45, 2.75) is 131 Å². The third kappa shape index (κ3) is 10.7. The van der Waals surface area contributed by atoms with Crippen LogP contribution < -0.4 is 10.6 Å². The molecule has 0 aromatic heterocycles. The van der Waals surface area contributed by atoms with E-state index < -0.39 is 29.3 Å². The van der Waals surface area contributed by atoms with Crippen LogP contribution in [0.5, 0.6) is 0 Å². The number of alkyl carbamates (subject to hydrolysis) is 1. The van der Waals surface area contributed by atoms with Gasteiger partial charge in [0.1, 0.15) is 17.7 Å². The summed E-state index contributed by atoms with van der Waals surface area (Å²) < 4.78 is 5.49. The molecule has 2 atom stereocenters. The lowest BCUT2D eigenvalue weighted by atomic mass is 9.90. The molecular weight excluding hydrogens is 478 g/mol. The van der Waals surface area contributed by atoms with Gasteiger partial charge >= 0.3 is 6.09 Å². The number of hydrogen-bond acceptors (Lipinski definition) is 4. The molecule has 7 nitrogen and oxygen atoms in total. The van der Waals surface area contributed by atoms with Gasteiger partial charge in [0, 0.05) is 12.1 Å². The molecule has 216 valence electrons. The van der Waals surface area contributed by atoms with Gasteiger partial charge < -0.3 is 20.3 Å². The van der Waals surface area contributed by atoms with Crippen molar-refractivity contribution in [1.82, 2.24) is 15.5 Å². The van der Waals surface area contributed by atoms with Crippen LogP contribution in [0.25, 0.3) is 0 Å². The highest BCUT2D eigenvalue weighted by atomic mass is 16.6. The maximum atomic E-state index is 14.4. The Kier molecular flexibility index (Phi) is 13.3. The predicted octanol–water partition coefficient (Wildman–Crippen LogP) is 6.55. The quantitative estimate of drug-likeness (QED) is 0.266. The van der Waals surface area contributed by atoms with Crippen molar-refractivity contribution < 1.29 is 19.1 Å². The van der Waals surface area contributed by atoms with Crippen LogP contribution in [-0.2, 0) is 20.7 Å². The first-order chi connectivity index (χ1) is 17.7. The molecule has 0 aliphatic carbocycles. The lowest BCUT2D eigenvalue weighted by Crippen LogP contribution is -2.59. The van der Waals surface area contributed by atoms with E-state index in [4.69, 9.17) is 4.74 Å². The number of benzene rings is 1. The summed E-state index contributed by atoms with van der Waals surface area (Å²) in [5.74, 6) is -0.360. The number of nitrogens with one attached hydrogen (secondary N) is 2. The zero-order chi connectivity index (χ0) is 29.1. The SMILES string of the molecule is CCCCCNC(=O)C(c1ccc(CC)cc1)N(C(=O)C(CC(C)C)NC(=O)OC(C)(C)C)C(C)(C)CC. The van der Waals surface area contributed by atoms with Gasteiger partial charge in [-0.15, -0.1) is 0 Å². The van der Waals surface area contributed by atoms with E-state index in [1.165, 1.54) is 0 Å². The average molecular weight is 532 g/mol. The Morgan fingerprint density at radius 2 is 1.55 bits per heavy atom. The maximum absolute atomic E-state index is 14.4. The maximum Gasteiger partial charge on any atom is 0.408 e. The minimum Gasteiger partial charge on any atom is -0.444 e. The topological polar surface area (TPSA) is 87.7 Å². The highest BCUT2D eigenvalue weighted by Crippen LogP contribution is 2.33. The van der Waals surface area contributed by atoms with Gasteiger partial charge in [0.25, 0.3) is 0 Å². The van der Waals surface area contributed by atoms with E-state index in [1.807, 2.05) is 58.9 Å². The molecule has 0 bridgehead atoms. The van der Waals surface area contributed by atoms with E-state index in [0.717, 1.165) is 36.8 Å². The average Bonchev–Trinajstić information content (AvgIpc) is 2.82. The highest BCUT2D eigenvalue weighted by molar-refractivity contribution is 5.92. The molecule has 1 aromatic rings. The first-order valence-corrected chi connectivity index (χ1v) is 14.4. The van der Waals surface area contributed by atoms with Crippen molar-refractivity contribution in [3.63, 3.8) is 0 Å². The monoisotopic (exact) mass is 531 g/mol. The summed E-state index contributed by atoms with van der Waals surface area (Å²) in [7, 11) is 0. The Morgan fingerprint density at radius 3 is 2.03 bits per heavy atom. The Hall–Kier alpha value is -2.57. The number of unbranched alkanes of at least 4 members (excludes halogenated alkanes) is 2. The molecule has 0 heterocycles. The number of nitrogens with zero attached hydrogens (tertiary/aromatic N) is 1. The van der Waals surface area contributed by atoms with Gasteiger partial charge in [-0.3, -0.25) is 9.59 Å². The van der Waals surface area contributed by atoms with Gasteiger partial charge in [-0.2, -0.15) is 0 Å². The fourth-order valence-electron chi connectivity index (χ4n) is 4.29. The molecule has 7 heteroatoms. The second kappa shape index (κ2) is 15.1. The molecule has 3 amide bonds. The first-order valence-electron chi connectivity index (χ1n) is 14.4. The van der Waals surface area contributed by atoms with Gasteiger partial charge in [0.15, 0.2) is 0 Å². The molecule has 1 rings (SSSR count). The van der Waals surface area contributed by atoms with Crippen molar-refractivity contribution >= 4 is 17.9 Å². The van der Waals surface area contributed by atoms with Gasteiger partial charge in [-0.05, 0) is 77.3 Å². The van der Waals surface area contributed by atoms with Crippen LogP contribution in [0, 0.1) is 5.92 Å². The minimum absolute atomic E-state index is 0.135. The van der Waals surface area contributed by atoms with Crippen molar-refractivity contribution in [2.24, 2.45) is 5.92 Å². The molecule has 0 spiro atoms. The molecule has 2 N–H and O–H groups in total. The second-order valence-electron chi connectivity index (χ2n) is 12.2. The van der Waals surface area contributed by atoms with Crippen LogP contribution in [0.2, 0.25) is 0 Å². The highest BCUT2D eigenvalue weighted by Gasteiger charge is 2.43. The number of carbonyl (C=O) groups is 3. The minimum atomic E-state index is -0.833. The van der Waals surface area contributed by atoms with Crippen molar-refractivity contribution in [3.05, 3.63) is 35.4 Å². The summed E-state index contributed by atoms with van der Waals surface area (Å²) in [6, 6.07) is 6.25. The van der Waals surface area contributed by atoms with Crippen molar-refractivity contribution in [1.29, 1.82) is 0 Å². The van der Waals surface area contributed by atoms with E-state index in [-0.39, 0.29) is 17.7 Å². The number of rotatable bonds is 14. The third-order valence-electron chi connectivity index (χ3n) is 6.74. The molecule has 38 heavy (non-hydrogen) atoms. The summed E-state index contributed by atoms with van der Waals surface area (Å²) in [6.45, 7) is 20.1. The first kappa shape index (κ1) is 33.5. The Balaban J connectivity index is 3.57. The molecule has 0 radical (unpaired) electrons. The fourth-order valence-corrected chi connectivity index (χ4v) is 4.29. The largest absolute Gasteiger partial charge is 0.444 e. The lowest BCUT2D eigenvalue weighted by Gasteiger charge is -2.45. The summed E-state index contributed by atoms with van der Waals surface area (Å²) in [5.41, 5.74) is 0.565. The summed E-state index contributed by atoms with van der Waals surface area (Å²) in [4.78, 5) is 42.6. The number of aryl methyl sites for hydroxylation is 1. The van der Waals surface area contributed by atoms with E-state index >= 15 is 0 Å². The molecule has 0 fully saturated rings. The fraction of sp³-hybridized carbons (Fsp3) is 0.710. The predicted molar refractivity (Wildman–Crippen MR) is 155 cm³/mol. The standard InChI is InChI=1S/C31H53N3O4/c1-11-14-15-20-32-27(35)26(24-18-16-23(12-2)17-19-24)34(31(9,10)13-3)28(36)25(21-22(4)5)33-29(37)38-30(6,7)8/h16-19,22,25-26H,11-15,20-21H2,1-10H3,(H,32,35)(H,33,37). The van der Waals surface area contributed by atoms with E-state index in [9.17, 15) is 14.4 Å². The molecular formula is C31H53N3O4. The molecule has 0 saturated heterocycles. The van der Waals surface area contributed by atoms with Gasteiger partial charge in [-0.1, -0.05) is 71.7 Å². The van der Waals surface area contributed by atoms with Crippen molar-refractivity contribution in [3.8, 4) is 0 Å². The van der Waals surface area contributed by atoms with E-state index in [2.05, 4.69) is 24.5 Å². The molecule has 0 aliphatic rings. The Labute approximate surface area is 231 Å². The van der Waals surface area contributed by atoms with E-state index in [1.54, 1.807) is 25.7 Å². The molecule has 0 aliphatic heterocycles. The van der Waals surface area contributed by atoms with Crippen molar-refractivity contribution in [2.75, 3.05) is 6.54 Å². The van der Waals surface area contributed by atoms with Crippen LogP contribution in [0.15, 0.2) is 24.3 Å². The van der Waals surface area contributed by atoms with Crippen LogP contribution in [0.4, 0.5) is 4.79 Å². The number of carbonyl (C=O) groups excluding carboxylic acids is 3. The molecule has 1 aromatic carbocycles. The summed E-state index contributed by atoms with van der Waals surface area (Å²) in [5, 5.41) is 5.90. The van der Waals surface area contributed by atoms with Crippen LogP contribution >= 0.6 is 0 Å². The van der Waals surface area contributed by atoms with E-state index in [0.29, 0.717) is 19.4 Å². The van der Waals surface area contributed by atoms with Gasteiger partial charge in [0.05, 0.1) is 0 Å². The van der Waals surface area contributed by atoms with Gasteiger partial charge in [-0.25, -0.2) is 4.79 Å². The van der Waals surface area contributed by atoms with Crippen LogP contribution in [0.3, 0.4) is 0 Å². The smallest absolute Gasteiger partial charge is 0.408 e. The van der Waals surface area contributed by atoms with Gasteiger partial charge in [0.2, 0.25) is 11.8 Å². The number of amides is 3. The van der Waals surface area contributed by atoms with Crippen LogP contribution in [0.1, 0.15) is 119 Å². The summed E-state index contributed by atoms with van der Waals surface area (Å²) >= 11 is 0. The summed E-state index contributed by atoms with van der Waals surface area (Å²) in [6.07, 6.45) is 4.26. The zero-order valence-corrected chi connectivity index (χ0v) is 25.6. The normalized spacial score (nSPS) is 13.6. The van der Waals surface area contributed by atoms with Crippen LogP contribution in [-0.4, -0.2) is 46.5 Å². The Bertz CT molecular complexity index is 887. The lowest BCUT2D eigenvalue weighted by molar-refractivity contribution is -0.149. The zero-order valence-electron chi connectivity index (χ0n) is 25.6. The second-order valence-corrected chi connectivity index (χ2v) is 12.2. The number of hydrogen-bond donors (Lipinski definition) is 2. The third-order valence-corrected chi connectivity index (χ3v) is 6.74. The Morgan fingerprint density at radius 1 is 0.947 bits per heavy atom. The molecule has 2 unspecified atom stereocenters. The number of ether oxygens (including phenoxy) is 1.